The largest absolute Gasteiger partial charge is 0.394 e. The number of hydrogen-bond acceptors (Lipinski definition) is 4. The predicted octanol–water partition coefficient (Wildman–Crippen LogP) is 1.26. The Morgan fingerprint density at radius 3 is 2.94 bits per heavy atom. The SMILES string of the molecule is CC(C)n1nccc1CNc1cnn(CCO)c1. The zero-order valence-electron chi connectivity index (χ0n) is 10.7. The van der Waals surface area contributed by atoms with E-state index >= 15 is 0 Å². The minimum absolute atomic E-state index is 0.0985. The molecule has 2 N–H and O–H groups in total. The first-order valence-corrected chi connectivity index (χ1v) is 6.10. The van der Waals surface area contributed by atoms with Gasteiger partial charge in [-0.25, -0.2) is 0 Å². The summed E-state index contributed by atoms with van der Waals surface area (Å²) < 4.78 is 3.70. The van der Waals surface area contributed by atoms with Crippen molar-refractivity contribution in [2.75, 3.05) is 11.9 Å². The summed E-state index contributed by atoms with van der Waals surface area (Å²) in [5.74, 6) is 0. The van der Waals surface area contributed by atoms with Crippen LogP contribution in [0.1, 0.15) is 25.6 Å². The van der Waals surface area contributed by atoms with Gasteiger partial charge in [0.1, 0.15) is 0 Å². The number of anilines is 1. The lowest BCUT2D eigenvalue weighted by molar-refractivity contribution is 0.269. The Morgan fingerprint density at radius 2 is 2.22 bits per heavy atom. The first-order chi connectivity index (χ1) is 8.70. The Bertz CT molecular complexity index is 488. The summed E-state index contributed by atoms with van der Waals surface area (Å²) in [6.45, 7) is 5.54. The minimum atomic E-state index is 0.0985. The molecule has 2 heterocycles. The van der Waals surface area contributed by atoms with Crippen molar-refractivity contribution in [2.45, 2.75) is 33.0 Å². The average molecular weight is 249 g/mol. The highest BCUT2D eigenvalue weighted by atomic mass is 16.3. The van der Waals surface area contributed by atoms with Crippen molar-refractivity contribution < 1.29 is 5.11 Å². The third kappa shape index (κ3) is 2.89. The summed E-state index contributed by atoms with van der Waals surface area (Å²) in [6, 6.07) is 2.36. The third-order valence-corrected chi connectivity index (χ3v) is 2.68. The summed E-state index contributed by atoms with van der Waals surface area (Å²) in [5.41, 5.74) is 2.08. The molecular weight excluding hydrogens is 230 g/mol. The Kier molecular flexibility index (Phi) is 3.99. The molecule has 0 atom stereocenters. The lowest BCUT2D eigenvalue weighted by Crippen LogP contribution is -2.10. The molecule has 0 aromatic carbocycles. The average Bonchev–Trinajstić information content (AvgIpc) is 2.95. The molecule has 0 aliphatic rings. The maximum absolute atomic E-state index is 8.81. The molecule has 0 unspecified atom stereocenters. The van der Waals surface area contributed by atoms with Gasteiger partial charge >= 0.3 is 0 Å². The van der Waals surface area contributed by atoms with Crippen molar-refractivity contribution in [1.29, 1.82) is 0 Å². The molecule has 0 aliphatic heterocycles. The van der Waals surface area contributed by atoms with Crippen molar-refractivity contribution >= 4 is 5.69 Å². The topological polar surface area (TPSA) is 67.9 Å². The zero-order valence-corrected chi connectivity index (χ0v) is 10.7. The fraction of sp³-hybridized carbons (Fsp3) is 0.500. The lowest BCUT2D eigenvalue weighted by Gasteiger charge is -2.11. The van der Waals surface area contributed by atoms with Crippen molar-refractivity contribution in [1.82, 2.24) is 19.6 Å². The van der Waals surface area contributed by atoms with Gasteiger partial charge in [-0.3, -0.25) is 9.36 Å². The van der Waals surface area contributed by atoms with Gasteiger partial charge in [0.05, 0.1) is 37.3 Å². The monoisotopic (exact) mass is 249 g/mol. The Balaban J connectivity index is 1.96. The van der Waals surface area contributed by atoms with Gasteiger partial charge in [-0.2, -0.15) is 10.2 Å². The number of hydrogen-bond donors (Lipinski definition) is 2. The summed E-state index contributed by atoms with van der Waals surface area (Å²) in [7, 11) is 0. The van der Waals surface area contributed by atoms with Gasteiger partial charge < -0.3 is 10.4 Å². The fourth-order valence-corrected chi connectivity index (χ4v) is 1.82. The van der Waals surface area contributed by atoms with Crippen molar-refractivity contribution in [3.8, 4) is 0 Å². The van der Waals surface area contributed by atoms with Crippen LogP contribution in [0.2, 0.25) is 0 Å². The molecule has 2 rings (SSSR count). The molecule has 2 aromatic rings. The van der Waals surface area contributed by atoms with Crippen LogP contribution in [0.3, 0.4) is 0 Å². The maximum atomic E-state index is 8.81. The highest BCUT2D eigenvalue weighted by Gasteiger charge is 2.06. The highest BCUT2D eigenvalue weighted by molar-refractivity contribution is 5.38. The predicted molar refractivity (Wildman–Crippen MR) is 69.3 cm³/mol. The van der Waals surface area contributed by atoms with Gasteiger partial charge in [0, 0.05) is 18.4 Å². The molecule has 0 fully saturated rings. The van der Waals surface area contributed by atoms with E-state index in [-0.39, 0.29) is 6.61 Å². The molecule has 0 bridgehead atoms. The van der Waals surface area contributed by atoms with Crippen LogP contribution in [0.25, 0.3) is 0 Å². The van der Waals surface area contributed by atoms with Crippen LogP contribution in [0.4, 0.5) is 5.69 Å². The van der Waals surface area contributed by atoms with E-state index in [1.54, 1.807) is 10.9 Å². The van der Waals surface area contributed by atoms with Gasteiger partial charge in [0.25, 0.3) is 0 Å². The van der Waals surface area contributed by atoms with Gasteiger partial charge in [-0.1, -0.05) is 0 Å². The second-order valence-corrected chi connectivity index (χ2v) is 4.43. The van der Waals surface area contributed by atoms with Gasteiger partial charge in [0.15, 0.2) is 0 Å². The van der Waals surface area contributed by atoms with E-state index in [9.17, 15) is 0 Å². The molecular formula is C12H19N5O. The first-order valence-electron chi connectivity index (χ1n) is 6.10. The Hall–Kier alpha value is -1.82. The van der Waals surface area contributed by atoms with E-state index in [2.05, 4.69) is 29.4 Å². The van der Waals surface area contributed by atoms with Crippen LogP contribution < -0.4 is 5.32 Å². The quantitative estimate of drug-likeness (QED) is 0.809. The standard InChI is InChI=1S/C12H19N5O/c1-10(2)17-12(3-4-14-17)8-13-11-7-15-16(9-11)5-6-18/h3-4,7,9-10,13,18H,5-6,8H2,1-2H3. The molecule has 0 amide bonds. The van der Waals surface area contributed by atoms with Crippen molar-refractivity contribution in [3.05, 3.63) is 30.4 Å². The van der Waals surface area contributed by atoms with Crippen LogP contribution in [0.5, 0.6) is 0 Å². The Labute approximate surface area is 106 Å². The van der Waals surface area contributed by atoms with E-state index in [1.165, 1.54) is 0 Å². The van der Waals surface area contributed by atoms with Crippen molar-refractivity contribution in [3.63, 3.8) is 0 Å². The molecule has 6 heteroatoms. The van der Waals surface area contributed by atoms with Gasteiger partial charge in [0.2, 0.25) is 0 Å². The van der Waals surface area contributed by atoms with E-state index < -0.39 is 0 Å². The number of aliphatic hydroxyl groups excluding tert-OH is 1. The summed E-state index contributed by atoms with van der Waals surface area (Å²) >= 11 is 0. The zero-order chi connectivity index (χ0) is 13.0. The Morgan fingerprint density at radius 1 is 1.39 bits per heavy atom. The lowest BCUT2D eigenvalue weighted by atomic mass is 10.3. The highest BCUT2D eigenvalue weighted by Crippen LogP contribution is 2.11. The van der Waals surface area contributed by atoms with E-state index in [1.807, 2.05) is 23.1 Å². The summed E-state index contributed by atoms with van der Waals surface area (Å²) in [6.07, 6.45) is 5.45. The molecule has 6 nitrogen and oxygen atoms in total. The van der Waals surface area contributed by atoms with Gasteiger partial charge in [-0.05, 0) is 19.9 Å². The molecule has 0 saturated carbocycles. The molecule has 0 radical (unpaired) electrons. The second kappa shape index (κ2) is 5.68. The molecule has 0 spiro atoms. The number of aromatic nitrogens is 4. The molecule has 18 heavy (non-hydrogen) atoms. The maximum Gasteiger partial charge on any atom is 0.0729 e. The first kappa shape index (κ1) is 12.6. The van der Waals surface area contributed by atoms with Crippen LogP contribution >= 0.6 is 0 Å². The normalized spacial score (nSPS) is 11.1. The third-order valence-electron chi connectivity index (χ3n) is 2.68. The second-order valence-electron chi connectivity index (χ2n) is 4.43. The van der Waals surface area contributed by atoms with Crippen LogP contribution in [0.15, 0.2) is 24.7 Å². The van der Waals surface area contributed by atoms with E-state index in [0.29, 0.717) is 19.1 Å². The van der Waals surface area contributed by atoms with E-state index in [4.69, 9.17) is 5.11 Å². The fourth-order valence-electron chi connectivity index (χ4n) is 1.82. The van der Waals surface area contributed by atoms with Crippen molar-refractivity contribution in [2.24, 2.45) is 0 Å². The molecule has 98 valence electrons. The number of rotatable bonds is 6. The number of nitrogens with one attached hydrogen (secondary N) is 1. The number of aliphatic hydroxyl groups is 1. The van der Waals surface area contributed by atoms with Crippen LogP contribution in [0, 0.1) is 0 Å². The molecule has 0 aliphatic carbocycles. The summed E-state index contributed by atoms with van der Waals surface area (Å²) in [4.78, 5) is 0. The van der Waals surface area contributed by atoms with Gasteiger partial charge in [-0.15, -0.1) is 0 Å². The summed E-state index contributed by atoms with van der Waals surface area (Å²) in [5, 5.41) is 20.5. The smallest absolute Gasteiger partial charge is 0.0729 e. The minimum Gasteiger partial charge on any atom is -0.394 e. The van der Waals surface area contributed by atoms with Crippen LogP contribution in [-0.4, -0.2) is 31.3 Å². The molecule has 0 saturated heterocycles. The van der Waals surface area contributed by atoms with Crippen LogP contribution in [-0.2, 0) is 13.1 Å². The van der Waals surface area contributed by atoms with E-state index in [0.717, 1.165) is 11.4 Å². The number of nitrogens with zero attached hydrogens (tertiary/aromatic N) is 4. The molecule has 2 aromatic heterocycles.